The van der Waals surface area contributed by atoms with Crippen LogP contribution >= 0.6 is 0 Å². The summed E-state index contributed by atoms with van der Waals surface area (Å²) in [6, 6.07) is 21.4. The van der Waals surface area contributed by atoms with Crippen LogP contribution in [-0.4, -0.2) is 36.3 Å². The normalized spacial score (nSPS) is 12.0. The van der Waals surface area contributed by atoms with Gasteiger partial charge in [0.2, 0.25) is 5.91 Å². The largest absolute Gasteiger partial charge is 0.445 e. The molecule has 0 saturated heterocycles. The van der Waals surface area contributed by atoms with Gasteiger partial charge in [-0.3, -0.25) is 4.79 Å². The molecule has 1 atom stereocenters. The first kappa shape index (κ1) is 29.5. The van der Waals surface area contributed by atoms with Gasteiger partial charge in [0.05, 0.1) is 0 Å². The Labute approximate surface area is 230 Å². The SMILES string of the molecule is CC(C)(C)OC(=O)NC(CCc1ccc2cc(CCCCNC(=O)OCc3ccccc3)ccc2c1)C(N)=O. The molecule has 3 rings (SSSR count). The van der Waals surface area contributed by atoms with Crippen molar-refractivity contribution in [3.05, 3.63) is 83.4 Å². The maximum absolute atomic E-state index is 12.0. The van der Waals surface area contributed by atoms with Crippen molar-refractivity contribution in [1.82, 2.24) is 10.6 Å². The third-order valence-corrected chi connectivity index (χ3v) is 6.10. The molecule has 8 heteroatoms. The quantitative estimate of drug-likeness (QED) is 0.269. The van der Waals surface area contributed by atoms with Crippen molar-refractivity contribution in [2.24, 2.45) is 5.73 Å². The number of amides is 3. The van der Waals surface area contributed by atoms with Gasteiger partial charge in [-0.1, -0.05) is 66.7 Å². The number of rotatable bonds is 12. The minimum absolute atomic E-state index is 0.264. The Morgan fingerprint density at radius 3 is 2.08 bits per heavy atom. The summed E-state index contributed by atoms with van der Waals surface area (Å²) in [7, 11) is 0. The number of aryl methyl sites for hydroxylation is 2. The van der Waals surface area contributed by atoms with E-state index in [9.17, 15) is 14.4 Å². The van der Waals surface area contributed by atoms with E-state index < -0.39 is 29.7 Å². The number of alkyl carbamates (subject to hydrolysis) is 2. The number of benzene rings is 3. The van der Waals surface area contributed by atoms with Gasteiger partial charge < -0.3 is 25.8 Å². The highest BCUT2D eigenvalue weighted by Gasteiger charge is 2.22. The highest BCUT2D eigenvalue weighted by Crippen LogP contribution is 2.20. The minimum Gasteiger partial charge on any atom is -0.445 e. The third kappa shape index (κ3) is 10.7. The van der Waals surface area contributed by atoms with Crippen LogP contribution in [0.1, 0.15) is 56.7 Å². The number of hydrogen-bond donors (Lipinski definition) is 3. The fourth-order valence-electron chi connectivity index (χ4n) is 4.12. The minimum atomic E-state index is -0.807. The van der Waals surface area contributed by atoms with Gasteiger partial charge in [-0.25, -0.2) is 9.59 Å². The lowest BCUT2D eigenvalue weighted by molar-refractivity contribution is -0.120. The molecule has 0 heterocycles. The van der Waals surface area contributed by atoms with E-state index in [1.165, 1.54) is 5.56 Å². The number of hydrogen-bond acceptors (Lipinski definition) is 5. The number of nitrogens with one attached hydrogen (secondary N) is 2. The molecule has 208 valence electrons. The summed E-state index contributed by atoms with van der Waals surface area (Å²) in [6.45, 7) is 6.11. The van der Waals surface area contributed by atoms with Crippen LogP contribution in [0.25, 0.3) is 10.8 Å². The van der Waals surface area contributed by atoms with E-state index in [1.807, 2.05) is 36.4 Å². The number of nitrogens with two attached hydrogens (primary N) is 1. The summed E-state index contributed by atoms with van der Waals surface area (Å²) in [6.07, 6.45) is 2.62. The summed E-state index contributed by atoms with van der Waals surface area (Å²) in [5.41, 5.74) is 8.08. The highest BCUT2D eigenvalue weighted by molar-refractivity contribution is 5.85. The number of carbonyl (C=O) groups excluding carboxylic acids is 3. The lowest BCUT2D eigenvalue weighted by Crippen LogP contribution is -2.46. The van der Waals surface area contributed by atoms with E-state index in [0.717, 1.165) is 41.2 Å². The molecule has 3 amide bonds. The summed E-state index contributed by atoms with van der Waals surface area (Å²) >= 11 is 0. The molecule has 0 aliphatic carbocycles. The van der Waals surface area contributed by atoms with Crippen LogP contribution in [-0.2, 0) is 33.7 Å². The van der Waals surface area contributed by atoms with Crippen molar-refractivity contribution in [2.45, 2.75) is 71.1 Å². The van der Waals surface area contributed by atoms with E-state index >= 15 is 0 Å². The van der Waals surface area contributed by atoms with Crippen molar-refractivity contribution >= 4 is 28.9 Å². The molecule has 3 aromatic carbocycles. The van der Waals surface area contributed by atoms with Crippen LogP contribution in [0.2, 0.25) is 0 Å². The lowest BCUT2D eigenvalue weighted by Gasteiger charge is -2.22. The van der Waals surface area contributed by atoms with Crippen LogP contribution in [0.15, 0.2) is 66.7 Å². The molecule has 0 fully saturated rings. The molecule has 4 N–H and O–H groups in total. The molecular formula is C31H39N3O5. The number of carbonyl (C=O) groups is 3. The third-order valence-electron chi connectivity index (χ3n) is 6.10. The monoisotopic (exact) mass is 533 g/mol. The molecule has 0 saturated carbocycles. The Bertz CT molecular complexity index is 1250. The van der Waals surface area contributed by atoms with Crippen LogP contribution in [0.4, 0.5) is 9.59 Å². The molecule has 0 radical (unpaired) electrons. The summed E-state index contributed by atoms with van der Waals surface area (Å²) < 4.78 is 10.5. The van der Waals surface area contributed by atoms with Gasteiger partial charge in [0.25, 0.3) is 0 Å². The van der Waals surface area contributed by atoms with Crippen LogP contribution in [0, 0.1) is 0 Å². The second-order valence-corrected chi connectivity index (χ2v) is 10.6. The molecule has 0 bridgehead atoms. The summed E-state index contributed by atoms with van der Waals surface area (Å²) in [4.78, 5) is 35.7. The number of primary amides is 1. The number of ether oxygens (including phenoxy) is 2. The zero-order valence-corrected chi connectivity index (χ0v) is 23.0. The average molecular weight is 534 g/mol. The molecule has 8 nitrogen and oxygen atoms in total. The first-order valence-corrected chi connectivity index (χ1v) is 13.3. The highest BCUT2D eigenvalue weighted by atomic mass is 16.6. The maximum atomic E-state index is 12.0. The van der Waals surface area contributed by atoms with E-state index in [0.29, 0.717) is 19.4 Å². The Hall–Kier alpha value is -4.07. The molecule has 1 unspecified atom stereocenters. The van der Waals surface area contributed by atoms with E-state index in [2.05, 4.69) is 41.0 Å². The second-order valence-electron chi connectivity index (χ2n) is 10.6. The Morgan fingerprint density at radius 2 is 1.46 bits per heavy atom. The van der Waals surface area contributed by atoms with E-state index in [1.54, 1.807) is 20.8 Å². The molecule has 0 aromatic heterocycles. The topological polar surface area (TPSA) is 120 Å². The molecule has 0 aliphatic rings. The first-order valence-electron chi connectivity index (χ1n) is 13.3. The van der Waals surface area contributed by atoms with E-state index in [4.69, 9.17) is 15.2 Å². The van der Waals surface area contributed by atoms with E-state index in [-0.39, 0.29) is 6.61 Å². The van der Waals surface area contributed by atoms with Crippen molar-refractivity contribution in [2.75, 3.05) is 6.54 Å². The number of unbranched alkanes of at least 4 members (excludes halogenated alkanes) is 1. The van der Waals surface area contributed by atoms with Crippen molar-refractivity contribution in [3.8, 4) is 0 Å². The zero-order chi connectivity index (χ0) is 28.3. The summed E-state index contributed by atoms with van der Waals surface area (Å²) in [5, 5.41) is 7.61. The molecule has 0 aliphatic heterocycles. The first-order chi connectivity index (χ1) is 18.6. The molecule has 0 spiro atoms. The van der Waals surface area contributed by atoms with Crippen LogP contribution in [0.3, 0.4) is 0 Å². The molecule has 39 heavy (non-hydrogen) atoms. The average Bonchev–Trinajstić information content (AvgIpc) is 2.89. The number of fused-ring (bicyclic) bond motifs is 1. The Kier molecular flexibility index (Phi) is 10.7. The van der Waals surface area contributed by atoms with Gasteiger partial charge in [-0.2, -0.15) is 0 Å². The predicted octanol–water partition coefficient (Wildman–Crippen LogP) is 5.40. The zero-order valence-electron chi connectivity index (χ0n) is 23.0. The van der Waals surface area contributed by atoms with Gasteiger partial charge in [0.1, 0.15) is 18.2 Å². The van der Waals surface area contributed by atoms with Crippen LogP contribution < -0.4 is 16.4 Å². The Morgan fingerprint density at radius 1 is 0.821 bits per heavy atom. The summed E-state index contributed by atoms with van der Waals surface area (Å²) in [5.74, 6) is -0.592. The van der Waals surface area contributed by atoms with Gasteiger partial charge >= 0.3 is 12.2 Å². The smallest absolute Gasteiger partial charge is 0.408 e. The molecular weight excluding hydrogens is 494 g/mol. The standard InChI is InChI=1S/C31H39N3O5/c1-31(2,3)39-30(37)34-27(28(32)35)17-14-23-13-16-25-19-22(12-15-26(25)20-23)9-7-8-18-33-29(36)38-21-24-10-5-4-6-11-24/h4-6,10-13,15-16,19-20,27H,7-9,14,17-18,21H2,1-3H3,(H2,32,35)(H,33,36)(H,34,37). The molecule has 3 aromatic rings. The van der Waals surface area contributed by atoms with Crippen molar-refractivity contribution in [3.63, 3.8) is 0 Å². The second kappa shape index (κ2) is 14.2. The maximum Gasteiger partial charge on any atom is 0.408 e. The lowest BCUT2D eigenvalue weighted by atomic mass is 9.98. The Balaban J connectivity index is 1.41. The van der Waals surface area contributed by atoms with Crippen LogP contribution in [0.5, 0.6) is 0 Å². The van der Waals surface area contributed by atoms with Crippen molar-refractivity contribution in [1.29, 1.82) is 0 Å². The fraction of sp³-hybridized carbons (Fsp3) is 0.387. The van der Waals surface area contributed by atoms with Gasteiger partial charge in [0.15, 0.2) is 0 Å². The van der Waals surface area contributed by atoms with Gasteiger partial charge in [-0.05, 0) is 80.3 Å². The van der Waals surface area contributed by atoms with Crippen molar-refractivity contribution < 1.29 is 23.9 Å². The fourth-order valence-corrected chi connectivity index (χ4v) is 4.12. The van der Waals surface area contributed by atoms with Gasteiger partial charge in [0, 0.05) is 6.54 Å². The predicted molar refractivity (Wildman–Crippen MR) is 152 cm³/mol. The van der Waals surface area contributed by atoms with Gasteiger partial charge in [-0.15, -0.1) is 0 Å².